The molecule has 1 atom stereocenters. The number of halogens is 2. The maximum absolute atomic E-state index is 12.9. The molecule has 0 amide bonds. The fourth-order valence-corrected chi connectivity index (χ4v) is 2.76. The summed E-state index contributed by atoms with van der Waals surface area (Å²) in [5, 5.41) is 11.1. The first-order valence-electron chi connectivity index (χ1n) is 6.18. The molecule has 19 heavy (non-hydrogen) atoms. The Labute approximate surface area is 121 Å². The van der Waals surface area contributed by atoms with E-state index in [1.807, 2.05) is 24.3 Å². The van der Waals surface area contributed by atoms with Crippen LogP contribution in [0.25, 0.3) is 11.1 Å². The van der Waals surface area contributed by atoms with Crippen molar-refractivity contribution >= 4 is 15.9 Å². The number of alkyl halides is 1. The Kier molecular flexibility index (Phi) is 4.38. The van der Waals surface area contributed by atoms with Gasteiger partial charge < -0.3 is 5.11 Å². The van der Waals surface area contributed by atoms with Crippen LogP contribution in [0.2, 0.25) is 0 Å². The third kappa shape index (κ3) is 3.43. The zero-order chi connectivity index (χ0) is 13.9. The van der Waals surface area contributed by atoms with Crippen LogP contribution in [0, 0.1) is 5.82 Å². The molecule has 0 spiro atoms. The van der Waals surface area contributed by atoms with E-state index >= 15 is 0 Å². The molecule has 0 bridgehead atoms. The minimum atomic E-state index is -0.829. The molecule has 0 aliphatic heterocycles. The normalized spacial score (nSPS) is 14.1. The Balaban J connectivity index is 2.25. The van der Waals surface area contributed by atoms with Gasteiger partial charge in [0, 0.05) is 5.33 Å². The van der Waals surface area contributed by atoms with Gasteiger partial charge in [0.15, 0.2) is 0 Å². The molecular formula is C16H16BrFO. The molecule has 2 aromatic rings. The molecule has 2 rings (SSSR count). The SMILES string of the molecule is CC(O)(CCBr)c1ccc(-c2ccc(F)cc2)cc1. The van der Waals surface area contributed by atoms with Crippen LogP contribution in [0.15, 0.2) is 48.5 Å². The second-order valence-electron chi connectivity index (χ2n) is 4.80. The molecule has 3 heteroatoms. The van der Waals surface area contributed by atoms with Crippen LogP contribution in [0.4, 0.5) is 4.39 Å². The molecule has 0 saturated heterocycles. The topological polar surface area (TPSA) is 20.2 Å². The number of benzene rings is 2. The summed E-state index contributed by atoms with van der Waals surface area (Å²) in [6, 6.07) is 14.1. The second kappa shape index (κ2) is 5.85. The second-order valence-corrected chi connectivity index (χ2v) is 5.59. The lowest BCUT2D eigenvalue weighted by Gasteiger charge is -2.23. The van der Waals surface area contributed by atoms with Gasteiger partial charge in [-0.15, -0.1) is 0 Å². The Bertz CT molecular complexity index is 532. The van der Waals surface area contributed by atoms with Gasteiger partial charge in [0.25, 0.3) is 0 Å². The van der Waals surface area contributed by atoms with Gasteiger partial charge in [0.2, 0.25) is 0 Å². The largest absolute Gasteiger partial charge is 0.385 e. The molecule has 0 heterocycles. The number of rotatable bonds is 4. The van der Waals surface area contributed by atoms with Crippen molar-refractivity contribution in [3.05, 3.63) is 59.9 Å². The molecule has 0 radical (unpaired) electrons. The van der Waals surface area contributed by atoms with Crippen LogP contribution < -0.4 is 0 Å². The fraction of sp³-hybridized carbons (Fsp3) is 0.250. The molecule has 2 aromatic carbocycles. The summed E-state index contributed by atoms with van der Waals surface area (Å²) < 4.78 is 12.9. The standard InChI is InChI=1S/C16H16BrFO/c1-16(19,10-11-17)14-6-2-12(3-7-14)13-4-8-15(18)9-5-13/h2-9,19H,10-11H2,1H3. The molecule has 0 fully saturated rings. The molecule has 0 aliphatic rings. The Morgan fingerprint density at radius 3 is 1.95 bits per heavy atom. The lowest BCUT2D eigenvalue weighted by Crippen LogP contribution is -2.21. The van der Waals surface area contributed by atoms with E-state index in [1.165, 1.54) is 12.1 Å². The van der Waals surface area contributed by atoms with Crippen molar-refractivity contribution in [3.8, 4) is 11.1 Å². The summed E-state index contributed by atoms with van der Waals surface area (Å²) in [7, 11) is 0. The van der Waals surface area contributed by atoms with Gasteiger partial charge in [-0.25, -0.2) is 4.39 Å². The molecule has 1 unspecified atom stereocenters. The van der Waals surface area contributed by atoms with Crippen LogP contribution in [-0.4, -0.2) is 10.4 Å². The maximum atomic E-state index is 12.9. The van der Waals surface area contributed by atoms with Crippen LogP contribution in [-0.2, 0) is 5.60 Å². The highest BCUT2D eigenvalue weighted by molar-refractivity contribution is 9.09. The lowest BCUT2D eigenvalue weighted by atomic mass is 9.92. The van der Waals surface area contributed by atoms with Crippen LogP contribution in [0.3, 0.4) is 0 Å². The van der Waals surface area contributed by atoms with Crippen LogP contribution in [0.1, 0.15) is 18.9 Å². The summed E-state index contributed by atoms with van der Waals surface area (Å²) in [6.07, 6.45) is 0.656. The quantitative estimate of drug-likeness (QED) is 0.822. The van der Waals surface area contributed by atoms with E-state index in [2.05, 4.69) is 15.9 Å². The highest BCUT2D eigenvalue weighted by Crippen LogP contribution is 2.28. The molecule has 1 N–H and O–H groups in total. The van der Waals surface area contributed by atoms with Crippen molar-refractivity contribution < 1.29 is 9.50 Å². The zero-order valence-corrected chi connectivity index (χ0v) is 12.3. The van der Waals surface area contributed by atoms with E-state index in [9.17, 15) is 9.50 Å². The van der Waals surface area contributed by atoms with Gasteiger partial charge in [-0.1, -0.05) is 52.3 Å². The van der Waals surface area contributed by atoms with E-state index in [4.69, 9.17) is 0 Å². The van der Waals surface area contributed by atoms with Gasteiger partial charge in [-0.3, -0.25) is 0 Å². The molecule has 1 nitrogen and oxygen atoms in total. The predicted molar refractivity (Wildman–Crippen MR) is 79.8 cm³/mol. The fourth-order valence-electron chi connectivity index (χ4n) is 1.99. The molecule has 100 valence electrons. The van der Waals surface area contributed by atoms with Gasteiger partial charge >= 0.3 is 0 Å². The van der Waals surface area contributed by atoms with E-state index in [0.717, 1.165) is 22.0 Å². The predicted octanol–water partition coefficient (Wildman–Crippen LogP) is 4.49. The summed E-state index contributed by atoms with van der Waals surface area (Å²) in [4.78, 5) is 0. The van der Waals surface area contributed by atoms with Crippen molar-refractivity contribution in [3.63, 3.8) is 0 Å². The lowest BCUT2D eigenvalue weighted by molar-refractivity contribution is 0.0547. The molecular weight excluding hydrogens is 307 g/mol. The van der Waals surface area contributed by atoms with Gasteiger partial charge in [-0.2, -0.15) is 0 Å². The zero-order valence-electron chi connectivity index (χ0n) is 10.7. The van der Waals surface area contributed by atoms with Crippen molar-refractivity contribution in [1.82, 2.24) is 0 Å². The Morgan fingerprint density at radius 1 is 1.00 bits per heavy atom. The van der Waals surface area contributed by atoms with E-state index < -0.39 is 5.60 Å². The van der Waals surface area contributed by atoms with E-state index in [1.54, 1.807) is 19.1 Å². The molecule has 0 saturated carbocycles. The third-order valence-electron chi connectivity index (χ3n) is 3.27. The minimum Gasteiger partial charge on any atom is -0.385 e. The number of aliphatic hydroxyl groups is 1. The van der Waals surface area contributed by atoms with E-state index in [-0.39, 0.29) is 5.82 Å². The summed E-state index contributed by atoms with van der Waals surface area (Å²) in [5.74, 6) is -0.236. The van der Waals surface area contributed by atoms with Crippen LogP contribution >= 0.6 is 15.9 Å². The highest BCUT2D eigenvalue weighted by atomic mass is 79.9. The third-order valence-corrected chi connectivity index (χ3v) is 3.66. The summed E-state index contributed by atoms with van der Waals surface area (Å²) >= 11 is 3.34. The number of hydrogen-bond donors (Lipinski definition) is 1. The highest BCUT2D eigenvalue weighted by Gasteiger charge is 2.21. The summed E-state index contributed by atoms with van der Waals surface area (Å²) in [5.41, 5.74) is 2.04. The van der Waals surface area contributed by atoms with Crippen molar-refractivity contribution in [2.75, 3.05) is 5.33 Å². The smallest absolute Gasteiger partial charge is 0.123 e. The Hall–Kier alpha value is -1.19. The number of hydrogen-bond acceptors (Lipinski definition) is 1. The van der Waals surface area contributed by atoms with Crippen molar-refractivity contribution in [1.29, 1.82) is 0 Å². The Morgan fingerprint density at radius 2 is 1.47 bits per heavy atom. The van der Waals surface area contributed by atoms with Gasteiger partial charge in [-0.05, 0) is 42.2 Å². The molecule has 0 aromatic heterocycles. The first kappa shape index (κ1) is 14.2. The average Bonchev–Trinajstić information content (AvgIpc) is 2.40. The van der Waals surface area contributed by atoms with Gasteiger partial charge in [0.1, 0.15) is 5.82 Å². The first-order valence-corrected chi connectivity index (χ1v) is 7.30. The molecule has 0 aliphatic carbocycles. The first-order chi connectivity index (χ1) is 9.03. The maximum Gasteiger partial charge on any atom is 0.123 e. The summed E-state index contributed by atoms with van der Waals surface area (Å²) in [6.45, 7) is 1.81. The van der Waals surface area contributed by atoms with Gasteiger partial charge in [0.05, 0.1) is 5.60 Å². The minimum absolute atomic E-state index is 0.236. The van der Waals surface area contributed by atoms with Crippen LogP contribution in [0.5, 0.6) is 0 Å². The van der Waals surface area contributed by atoms with Crippen molar-refractivity contribution in [2.45, 2.75) is 18.9 Å². The van der Waals surface area contributed by atoms with E-state index in [0.29, 0.717) is 6.42 Å². The van der Waals surface area contributed by atoms with Crippen molar-refractivity contribution in [2.24, 2.45) is 0 Å². The monoisotopic (exact) mass is 322 g/mol. The average molecular weight is 323 g/mol.